The lowest BCUT2D eigenvalue weighted by atomic mass is 10.0. The van der Waals surface area contributed by atoms with Gasteiger partial charge in [0.2, 0.25) is 5.88 Å². The van der Waals surface area contributed by atoms with Crippen molar-refractivity contribution in [3.63, 3.8) is 0 Å². The van der Waals surface area contributed by atoms with Gasteiger partial charge in [-0.15, -0.1) is 0 Å². The van der Waals surface area contributed by atoms with Crippen LogP contribution in [0.3, 0.4) is 0 Å². The quantitative estimate of drug-likeness (QED) is 0.711. The second-order valence-corrected chi connectivity index (χ2v) is 3.25. The van der Waals surface area contributed by atoms with Crippen LogP contribution in [0.1, 0.15) is 17.4 Å². The molecule has 0 aromatic carbocycles. The molecule has 1 aromatic rings. The van der Waals surface area contributed by atoms with Crippen LogP contribution in [-0.4, -0.2) is 21.2 Å². The van der Waals surface area contributed by atoms with Crippen molar-refractivity contribution in [3.8, 4) is 5.88 Å². The van der Waals surface area contributed by atoms with E-state index in [2.05, 4.69) is 4.98 Å². The molecule has 0 radical (unpaired) electrons. The lowest BCUT2D eigenvalue weighted by Crippen LogP contribution is -2.17. The summed E-state index contributed by atoms with van der Waals surface area (Å²) < 4.78 is 5.03. The fraction of sp³-hybridized carbons (Fsp3) is 0.200. The number of rotatable bonds is 1. The van der Waals surface area contributed by atoms with E-state index in [0.717, 1.165) is 12.0 Å². The van der Waals surface area contributed by atoms with Crippen molar-refractivity contribution in [2.24, 2.45) is 0 Å². The largest absolute Gasteiger partial charge is 0.478 e. The number of nitrogens with zero attached hydrogens (tertiary/aromatic N) is 1. The first kappa shape index (κ1) is 9.67. The highest BCUT2D eigenvalue weighted by Gasteiger charge is 2.28. The Labute approximate surface area is 85.6 Å². The maximum absolute atomic E-state index is 10.7. The number of hydrogen-bond acceptors (Lipinski definition) is 4. The van der Waals surface area contributed by atoms with Gasteiger partial charge in [0.1, 0.15) is 17.9 Å². The molecule has 2 heterocycles. The molecule has 0 saturated carbocycles. The maximum Gasteiger partial charge on any atom is 0.337 e. The highest BCUT2D eigenvalue weighted by Crippen LogP contribution is 2.32. The van der Waals surface area contributed by atoms with Gasteiger partial charge in [-0.2, -0.15) is 0 Å². The smallest absolute Gasteiger partial charge is 0.337 e. The van der Waals surface area contributed by atoms with Crippen molar-refractivity contribution < 1.29 is 19.7 Å². The second kappa shape index (κ2) is 3.36. The van der Waals surface area contributed by atoms with E-state index < -0.39 is 12.1 Å². The summed E-state index contributed by atoms with van der Waals surface area (Å²) in [7, 11) is 0. The Morgan fingerprint density at radius 3 is 2.93 bits per heavy atom. The van der Waals surface area contributed by atoms with E-state index in [0.29, 0.717) is 5.56 Å². The van der Waals surface area contributed by atoms with Gasteiger partial charge in [0.25, 0.3) is 0 Å². The number of carbonyl (C=O) groups is 1. The number of aromatic nitrogens is 1. The number of hydrogen-bond donors (Lipinski definition) is 2. The summed E-state index contributed by atoms with van der Waals surface area (Å²) in [5.74, 6) is -0.943. The highest BCUT2D eigenvalue weighted by atomic mass is 16.5. The third-order valence-electron chi connectivity index (χ3n) is 2.16. The molecular formula is C10H9NO4. The molecule has 0 aliphatic carbocycles. The van der Waals surface area contributed by atoms with Crippen LogP contribution in [0.2, 0.25) is 0 Å². The van der Waals surface area contributed by atoms with Gasteiger partial charge in [-0.25, -0.2) is 9.78 Å². The normalized spacial score (nSPS) is 18.8. The van der Waals surface area contributed by atoms with E-state index in [4.69, 9.17) is 9.84 Å². The molecule has 0 saturated heterocycles. The summed E-state index contributed by atoms with van der Waals surface area (Å²) in [5, 5.41) is 18.5. The Balaban J connectivity index is 2.45. The number of aryl methyl sites for hydroxylation is 1. The molecule has 0 amide bonds. The average molecular weight is 207 g/mol. The second-order valence-electron chi connectivity index (χ2n) is 3.25. The van der Waals surface area contributed by atoms with Gasteiger partial charge in [-0.1, -0.05) is 0 Å². The number of carboxylic acids is 1. The van der Waals surface area contributed by atoms with Crippen molar-refractivity contribution in [3.05, 3.63) is 35.2 Å². The van der Waals surface area contributed by atoms with E-state index in [-0.39, 0.29) is 11.5 Å². The molecule has 0 spiro atoms. The molecule has 5 nitrogen and oxygen atoms in total. The molecule has 78 valence electrons. The third kappa shape index (κ3) is 1.57. The Bertz CT molecular complexity index is 453. The van der Waals surface area contributed by atoms with Crippen LogP contribution >= 0.6 is 0 Å². The zero-order valence-electron chi connectivity index (χ0n) is 7.97. The Morgan fingerprint density at radius 2 is 2.27 bits per heavy atom. The van der Waals surface area contributed by atoms with Crippen LogP contribution in [-0.2, 0) is 4.79 Å². The summed E-state index contributed by atoms with van der Waals surface area (Å²) >= 11 is 0. The first-order valence-electron chi connectivity index (χ1n) is 4.35. The van der Waals surface area contributed by atoms with Gasteiger partial charge < -0.3 is 14.9 Å². The monoisotopic (exact) mass is 207 g/mol. The number of pyridine rings is 1. The standard InChI is InChI=1S/C10H9NO4/c1-5-2-3-6-8(12)7(10(13)14)4-15-9(6)11-5/h2-4,8,12H,1H3,(H,13,14). The van der Waals surface area contributed by atoms with Crippen LogP contribution in [0.5, 0.6) is 5.88 Å². The minimum Gasteiger partial charge on any atom is -0.478 e. The van der Waals surface area contributed by atoms with Crippen molar-refractivity contribution in [2.45, 2.75) is 13.0 Å². The van der Waals surface area contributed by atoms with Crippen LogP contribution < -0.4 is 4.74 Å². The Hall–Kier alpha value is -1.88. The molecule has 1 aromatic heterocycles. The van der Waals surface area contributed by atoms with Gasteiger partial charge in [-0.3, -0.25) is 0 Å². The van der Waals surface area contributed by atoms with Gasteiger partial charge in [0.15, 0.2) is 0 Å². The zero-order chi connectivity index (χ0) is 11.0. The number of ether oxygens (including phenoxy) is 1. The lowest BCUT2D eigenvalue weighted by Gasteiger charge is -2.19. The molecule has 0 fully saturated rings. The molecule has 15 heavy (non-hydrogen) atoms. The molecule has 1 aliphatic heterocycles. The van der Waals surface area contributed by atoms with E-state index in [1.807, 2.05) is 0 Å². The SMILES string of the molecule is Cc1ccc2c(n1)OC=C(C(=O)O)C2O. The fourth-order valence-electron chi connectivity index (χ4n) is 1.36. The first-order chi connectivity index (χ1) is 7.09. The number of aliphatic hydroxyl groups excluding tert-OH is 1. The molecule has 1 atom stereocenters. The van der Waals surface area contributed by atoms with Gasteiger partial charge in [0.05, 0.1) is 0 Å². The van der Waals surface area contributed by atoms with Gasteiger partial charge in [0, 0.05) is 11.3 Å². The summed E-state index contributed by atoms with van der Waals surface area (Å²) in [6.07, 6.45) is -0.166. The van der Waals surface area contributed by atoms with Gasteiger partial charge in [-0.05, 0) is 19.1 Å². The third-order valence-corrected chi connectivity index (χ3v) is 2.16. The summed E-state index contributed by atoms with van der Waals surface area (Å²) in [5.41, 5.74) is 0.932. The fourth-order valence-corrected chi connectivity index (χ4v) is 1.36. The maximum atomic E-state index is 10.7. The van der Waals surface area contributed by atoms with Crippen molar-refractivity contribution >= 4 is 5.97 Å². The first-order valence-corrected chi connectivity index (χ1v) is 4.35. The van der Waals surface area contributed by atoms with E-state index in [1.54, 1.807) is 19.1 Å². The van der Waals surface area contributed by atoms with Crippen LogP contribution in [0.15, 0.2) is 24.0 Å². The molecular weight excluding hydrogens is 198 g/mol. The molecule has 1 unspecified atom stereocenters. The molecule has 2 N–H and O–H groups in total. The Kier molecular flexibility index (Phi) is 2.17. The van der Waals surface area contributed by atoms with E-state index in [9.17, 15) is 9.90 Å². The van der Waals surface area contributed by atoms with Crippen LogP contribution in [0, 0.1) is 6.92 Å². The predicted octanol–water partition coefficient (Wildman–Crippen LogP) is 0.784. The Morgan fingerprint density at radius 1 is 1.53 bits per heavy atom. The van der Waals surface area contributed by atoms with Crippen molar-refractivity contribution in [1.29, 1.82) is 0 Å². The summed E-state index contributed by atoms with van der Waals surface area (Å²) in [6, 6.07) is 3.30. The zero-order valence-corrected chi connectivity index (χ0v) is 7.97. The summed E-state index contributed by atoms with van der Waals surface area (Å²) in [6.45, 7) is 1.78. The summed E-state index contributed by atoms with van der Waals surface area (Å²) in [4.78, 5) is 14.8. The molecule has 5 heteroatoms. The number of fused-ring (bicyclic) bond motifs is 1. The average Bonchev–Trinajstić information content (AvgIpc) is 2.17. The van der Waals surface area contributed by atoms with Crippen LogP contribution in [0.4, 0.5) is 0 Å². The minimum atomic E-state index is -1.20. The number of aliphatic carboxylic acids is 1. The van der Waals surface area contributed by atoms with E-state index >= 15 is 0 Å². The molecule has 1 aliphatic rings. The highest BCUT2D eigenvalue weighted by molar-refractivity contribution is 5.88. The topological polar surface area (TPSA) is 79.7 Å². The van der Waals surface area contributed by atoms with Crippen molar-refractivity contribution in [1.82, 2.24) is 4.98 Å². The predicted molar refractivity (Wildman–Crippen MR) is 50.3 cm³/mol. The van der Waals surface area contributed by atoms with Gasteiger partial charge >= 0.3 is 5.97 Å². The minimum absolute atomic E-state index is 0.187. The van der Waals surface area contributed by atoms with Crippen LogP contribution in [0.25, 0.3) is 0 Å². The lowest BCUT2D eigenvalue weighted by molar-refractivity contribution is -0.134. The number of carboxylic acid groups (broad SMARTS) is 1. The number of aliphatic hydroxyl groups is 1. The molecule has 0 bridgehead atoms. The van der Waals surface area contributed by atoms with Crippen molar-refractivity contribution in [2.75, 3.05) is 0 Å². The van der Waals surface area contributed by atoms with E-state index in [1.165, 1.54) is 0 Å². The molecule has 2 rings (SSSR count).